The van der Waals surface area contributed by atoms with Gasteiger partial charge in [0.1, 0.15) is 23.1 Å². The molecule has 0 fully saturated rings. The number of anilines is 3. The summed E-state index contributed by atoms with van der Waals surface area (Å²) in [6.45, 7) is 0. The highest BCUT2D eigenvalue weighted by Crippen LogP contribution is 2.22. The van der Waals surface area contributed by atoms with E-state index in [1.54, 1.807) is 6.07 Å². The SMILES string of the molecule is O=C(Cc1cccs1)Nc1ccc(Nc2c(F)cccc2F)nc1. The summed E-state index contributed by atoms with van der Waals surface area (Å²) in [6, 6.07) is 10.5. The Morgan fingerprint density at radius 2 is 1.88 bits per heavy atom. The first-order valence-electron chi connectivity index (χ1n) is 7.11. The minimum atomic E-state index is -0.704. The summed E-state index contributed by atoms with van der Waals surface area (Å²) in [4.78, 5) is 16.9. The number of hydrogen-bond acceptors (Lipinski definition) is 4. The first-order valence-corrected chi connectivity index (χ1v) is 7.99. The summed E-state index contributed by atoms with van der Waals surface area (Å²) in [6.07, 6.45) is 1.71. The van der Waals surface area contributed by atoms with Crippen LogP contribution >= 0.6 is 11.3 Å². The Bertz CT molecular complexity index is 815. The molecule has 4 nitrogen and oxygen atoms in total. The molecule has 0 radical (unpaired) electrons. The van der Waals surface area contributed by atoms with Gasteiger partial charge in [-0.3, -0.25) is 4.79 Å². The molecule has 3 aromatic rings. The van der Waals surface area contributed by atoms with Gasteiger partial charge < -0.3 is 10.6 Å². The van der Waals surface area contributed by atoms with Gasteiger partial charge in [0, 0.05) is 4.88 Å². The molecule has 0 aliphatic heterocycles. The minimum absolute atomic E-state index is 0.153. The number of nitrogens with zero attached hydrogens (tertiary/aromatic N) is 1. The molecule has 0 aliphatic carbocycles. The molecule has 7 heteroatoms. The lowest BCUT2D eigenvalue weighted by molar-refractivity contribution is -0.115. The van der Waals surface area contributed by atoms with Crippen LogP contribution in [0.25, 0.3) is 0 Å². The zero-order chi connectivity index (χ0) is 16.9. The number of aromatic nitrogens is 1. The van der Waals surface area contributed by atoms with E-state index in [1.165, 1.54) is 29.7 Å². The van der Waals surface area contributed by atoms with E-state index in [9.17, 15) is 13.6 Å². The number of amides is 1. The smallest absolute Gasteiger partial charge is 0.229 e. The molecule has 2 heterocycles. The molecular weight excluding hydrogens is 332 g/mol. The molecule has 0 aliphatic rings. The summed E-state index contributed by atoms with van der Waals surface area (Å²) in [5, 5.41) is 7.22. The van der Waals surface area contributed by atoms with E-state index in [0.29, 0.717) is 5.69 Å². The molecule has 0 spiro atoms. The normalized spacial score (nSPS) is 10.4. The van der Waals surface area contributed by atoms with Crippen LogP contribution in [0.4, 0.5) is 26.0 Å². The van der Waals surface area contributed by atoms with Gasteiger partial charge in [-0.1, -0.05) is 12.1 Å². The van der Waals surface area contributed by atoms with E-state index in [-0.39, 0.29) is 23.8 Å². The van der Waals surface area contributed by atoms with E-state index in [2.05, 4.69) is 15.6 Å². The Morgan fingerprint density at radius 1 is 1.08 bits per heavy atom. The van der Waals surface area contributed by atoms with Crippen molar-refractivity contribution in [1.82, 2.24) is 4.98 Å². The maximum absolute atomic E-state index is 13.6. The first-order chi connectivity index (χ1) is 11.6. The van der Waals surface area contributed by atoms with Gasteiger partial charge in [0.05, 0.1) is 18.3 Å². The van der Waals surface area contributed by atoms with Crippen LogP contribution in [0.5, 0.6) is 0 Å². The van der Waals surface area contributed by atoms with Crippen LogP contribution in [0, 0.1) is 11.6 Å². The highest BCUT2D eigenvalue weighted by atomic mass is 32.1. The van der Waals surface area contributed by atoms with Crippen molar-refractivity contribution in [3.05, 3.63) is 70.6 Å². The van der Waals surface area contributed by atoms with Crippen molar-refractivity contribution >= 4 is 34.4 Å². The third-order valence-electron chi connectivity index (χ3n) is 3.18. The highest BCUT2D eigenvalue weighted by molar-refractivity contribution is 7.10. The second kappa shape index (κ2) is 7.18. The molecule has 24 heavy (non-hydrogen) atoms. The van der Waals surface area contributed by atoms with Gasteiger partial charge in [0.2, 0.25) is 5.91 Å². The van der Waals surface area contributed by atoms with Crippen LogP contribution < -0.4 is 10.6 Å². The first kappa shape index (κ1) is 16.1. The topological polar surface area (TPSA) is 54.0 Å². The predicted octanol–water partition coefficient (Wildman–Crippen LogP) is 4.35. The van der Waals surface area contributed by atoms with Gasteiger partial charge in [-0.05, 0) is 35.7 Å². The summed E-state index contributed by atoms with van der Waals surface area (Å²) in [5.74, 6) is -1.29. The van der Waals surface area contributed by atoms with Crippen molar-refractivity contribution in [1.29, 1.82) is 0 Å². The molecule has 0 saturated carbocycles. The number of pyridine rings is 1. The molecule has 3 rings (SSSR count). The third kappa shape index (κ3) is 3.94. The van der Waals surface area contributed by atoms with Crippen molar-refractivity contribution in [3.63, 3.8) is 0 Å². The Labute approximate surface area is 141 Å². The zero-order valence-corrected chi connectivity index (χ0v) is 13.2. The molecular formula is C17H13F2N3OS. The molecule has 1 amide bonds. The van der Waals surface area contributed by atoms with Gasteiger partial charge in [-0.2, -0.15) is 0 Å². The molecule has 1 aromatic carbocycles. The number of nitrogens with one attached hydrogen (secondary N) is 2. The maximum atomic E-state index is 13.6. The van der Waals surface area contributed by atoms with Crippen molar-refractivity contribution in [2.75, 3.05) is 10.6 Å². The van der Waals surface area contributed by atoms with Crippen LogP contribution in [-0.2, 0) is 11.2 Å². The summed E-state index contributed by atoms with van der Waals surface area (Å²) >= 11 is 1.51. The minimum Gasteiger partial charge on any atom is -0.335 e. The van der Waals surface area contributed by atoms with Crippen LogP contribution in [0.1, 0.15) is 4.88 Å². The van der Waals surface area contributed by atoms with E-state index < -0.39 is 11.6 Å². The standard InChI is InChI=1S/C17H13F2N3OS/c18-13-4-1-5-14(19)17(13)22-15-7-6-11(10-20-15)21-16(23)9-12-3-2-8-24-12/h1-8,10H,9H2,(H,20,22)(H,21,23). The van der Waals surface area contributed by atoms with Gasteiger partial charge >= 0.3 is 0 Å². The largest absolute Gasteiger partial charge is 0.335 e. The molecule has 0 unspecified atom stereocenters. The van der Waals surface area contributed by atoms with Gasteiger partial charge in [-0.25, -0.2) is 13.8 Å². The van der Waals surface area contributed by atoms with Crippen LogP contribution in [0.15, 0.2) is 54.0 Å². The zero-order valence-electron chi connectivity index (χ0n) is 12.4. The fraction of sp³-hybridized carbons (Fsp3) is 0.0588. The lowest BCUT2D eigenvalue weighted by Crippen LogP contribution is -2.13. The van der Waals surface area contributed by atoms with E-state index >= 15 is 0 Å². The number of rotatable bonds is 5. The second-order valence-electron chi connectivity index (χ2n) is 4.96. The molecule has 122 valence electrons. The molecule has 0 saturated heterocycles. The Balaban J connectivity index is 1.64. The number of para-hydroxylation sites is 1. The quantitative estimate of drug-likeness (QED) is 0.723. The van der Waals surface area contributed by atoms with Crippen LogP contribution in [0.3, 0.4) is 0 Å². The highest BCUT2D eigenvalue weighted by Gasteiger charge is 2.09. The van der Waals surface area contributed by atoms with Crippen molar-refractivity contribution < 1.29 is 13.6 Å². The van der Waals surface area contributed by atoms with Gasteiger partial charge in [0.25, 0.3) is 0 Å². The molecule has 0 atom stereocenters. The van der Waals surface area contributed by atoms with E-state index in [4.69, 9.17) is 0 Å². The average molecular weight is 345 g/mol. The second-order valence-corrected chi connectivity index (χ2v) is 5.99. The Morgan fingerprint density at radius 3 is 2.50 bits per heavy atom. The van der Waals surface area contributed by atoms with E-state index in [0.717, 1.165) is 17.0 Å². The monoisotopic (exact) mass is 345 g/mol. The number of halogens is 2. The number of thiophene rings is 1. The molecule has 0 bridgehead atoms. The average Bonchev–Trinajstić information content (AvgIpc) is 3.05. The lowest BCUT2D eigenvalue weighted by atomic mass is 10.3. The Kier molecular flexibility index (Phi) is 4.81. The number of benzene rings is 1. The molecule has 2 aromatic heterocycles. The fourth-order valence-electron chi connectivity index (χ4n) is 2.06. The molecule has 2 N–H and O–H groups in total. The fourth-order valence-corrected chi connectivity index (χ4v) is 2.77. The summed E-state index contributed by atoms with van der Waals surface area (Å²) in [5.41, 5.74) is 0.246. The van der Waals surface area contributed by atoms with Gasteiger partial charge in [-0.15, -0.1) is 11.3 Å². The number of carbonyl (C=O) groups is 1. The summed E-state index contributed by atoms with van der Waals surface area (Å²) < 4.78 is 27.2. The van der Waals surface area contributed by atoms with Crippen molar-refractivity contribution in [2.24, 2.45) is 0 Å². The summed E-state index contributed by atoms with van der Waals surface area (Å²) in [7, 11) is 0. The third-order valence-corrected chi connectivity index (χ3v) is 4.05. The Hall–Kier alpha value is -2.80. The lowest BCUT2D eigenvalue weighted by Gasteiger charge is -2.09. The maximum Gasteiger partial charge on any atom is 0.229 e. The van der Waals surface area contributed by atoms with Crippen LogP contribution in [-0.4, -0.2) is 10.9 Å². The van der Waals surface area contributed by atoms with E-state index in [1.807, 2.05) is 17.5 Å². The van der Waals surface area contributed by atoms with Gasteiger partial charge in [0.15, 0.2) is 0 Å². The number of hydrogen-bond donors (Lipinski definition) is 2. The van der Waals surface area contributed by atoms with Crippen molar-refractivity contribution in [3.8, 4) is 0 Å². The number of carbonyl (C=O) groups excluding carboxylic acids is 1. The van der Waals surface area contributed by atoms with Crippen molar-refractivity contribution in [2.45, 2.75) is 6.42 Å². The predicted molar refractivity (Wildman–Crippen MR) is 90.5 cm³/mol. The van der Waals surface area contributed by atoms with Crippen LogP contribution in [0.2, 0.25) is 0 Å².